The molecule has 2 aliphatic rings. The number of thiocarbonyl (C=S) groups is 1. The predicted octanol–water partition coefficient (Wildman–Crippen LogP) is 3.35. The van der Waals surface area contributed by atoms with Crippen LogP contribution in [0.2, 0.25) is 0 Å². The van der Waals surface area contributed by atoms with E-state index >= 15 is 0 Å². The highest BCUT2D eigenvalue weighted by atomic mass is 32.2. The van der Waals surface area contributed by atoms with Crippen molar-refractivity contribution in [2.75, 3.05) is 19.9 Å². The Morgan fingerprint density at radius 2 is 2.19 bits per heavy atom. The molecule has 1 aromatic carbocycles. The fourth-order valence-corrected chi connectivity index (χ4v) is 3.76. The summed E-state index contributed by atoms with van der Waals surface area (Å²) in [4.78, 5) is 26.3. The number of ether oxygens (including phenoxy) is 3. The van der Waals surface area contributed by atoms with Crippen LogP contribution in [0.4, 0.5) is 0 Å². The second-order valence-corrected chi connectivity index (χ2v) is 7.45. The van der Waals surface area contributed by atoms with Crippen molar-refractivity contribution in [1.29, 1.82) is 0 Å². The van der Waals surface area contributed by atoms with Crippen LogP contribution in [-0.4, -0.2) is 41.0 Å². The second-order valence-electron chi connectivity index (χ2n) is 5.77. The van der Waals surface area contributed by atoms with Crippen LogP contribution in [0.15, 0.2) is 23.1 Å². The van der Waals surface area contributed by atoms with Crippen LogP contribution in [-0.2, 0) is 14.3 Å². The zero-order valence-electron chi connectivity index (χ0n) is 14.4. The van der Waals surface area contributed by atoms with Gasteiger partial charge in [0.1, 0.15) is 4.32 Å². The van der Waals surface area contributed by atoms with Crippen molar-refractivity contribution in [2.24, 2.45) is 0 Å². The molecule has 1 aromatic rings. The highest BCUT2D eigenvalue weighted by Crippen LogP contribution is 2.36. The van der Waals surface area contributed by atoms with Crippen LogP contribution in [0.3, 0.4) is 0 Å². The minimum atomic E-state index is -0.313. The highest BCUT2D eigenvalue weighted by molar-refractivity contribution is 8.26. The monoisotopic (exact) mass is 393 g/mol. The summed E-state index contributed by atoms with van der Waals surface area (Å²) in [5, 5.41) is 0. The van der Waals surface area contributed by atoms with E-state index < -0.39 is 0 Å². The van der Waals surface area contributed by atoms with E-state index in [0.29, 0.717) is 27.3 Å². The van der Waals surface area contributed by atoms with Gasteiger partial charge in [-0.1, -0.05) is 43.4 Å². The van der Waals surface area contributed by atoms with Gasteiger partial charge in [-0.3, -0.25) is 14.5 Å². The number of hydrogen-bond donors (Lipinski definition) is 0. The van der Waals surface area contributed by atoms with E-state index in [2.05, 4.69) is 0 Å². The minimum absolute atomic E-state index is 0.132. The third-order valence-electron chi connectivity index (χ3n) is 3.87. The highest BCUT2D eigenvalue weighted by Gasteiger charge is 2.32. The number of carbonyl (C=O) groups is 2. The van der Waals surface area contributed by atoms with Gasteiger partial charge in [0.05, 0.1) is 17.9 Å². The summed E-state index contributed by atoms with van der Waals surface area (Å²) in [5.74, 6) is 0.839. The summed E-state index contributed by atoms with van der Waals surface area (Å²) < 4.78 is 16.2. The largest absolute Gasteiger partial charge is 0.466 e. The number of esters is 1. The molecule has 1 saturated heterocycles. The van der Waals surface area contributed by atoms with Gasteiger partial charge in [0.15, 0.2) is 11.5 Å². The fraction of sp³-hybridized carbons (Fsp3) is 0.389. The van der Waals surface area contributed by atoms with Gasteiger partial charge in [0.25, 0.3) is 5.91 Å². The maximum Gasteiger partial charge on any atom is 0.307 e. The molecule has 2 heterocycles. The quantitative estimate of drug-likeness (QED) is 0.305. The van der Waals surface area contributed by atoms with Crippen molar-refractivity contribution in [2.45, 2.75) is 26.2 Å². The number of nitrogens with zero attached hydrogens (tertiary/aromatic N) is 1. The maximum atomic E-state index is 12.6. The molecule has 6 nitrogen and oxygen atoms in total. The SMILES string of the molecule is CCCCOC(=O)CCN1C(=O)/C(=C/c2ccc3c(c2)OCO3)SC1=S. The van der Waals surface area contributed by atoms with Gasteiger partial charge in [0, 0.05) is 6.54 Å². The van der Waals surface area contributed by atoms with Crippen molar-refractivity contribution >= 4 is 46.3 Å². The Balaban J connectivity index is 1.60. The van der Waals surface area contributed by atoms with Gasteiger partial charge in [-0.05, 0) is 30.2 Å². The van der Waals surface area contributed by atoms with Crippen molar-refractivity contribution in [1.82, 2.24) is 4.90 Å². The average Bonchev–Trinajstić information content (AvgIpc) is 3.18. The summed E-state index contributed by atoms with van der Waals surface area (Å²) in [5.41, 5.74) is 0.828. The molecule has 1 amide bonds. The van der Waals surface area contributed by atoms with E-state index in [1.807, 2.05) is 19.1 Å². The number of unbranched alkanes of at least 4 members (excludes halogenated alkanes) is 1. The molecule has 0 atom stereocenters. The maximum absolute atomic E-state index is 12.6. The zero-order chi connectivity index (χ0) is 18.5. The summed E-state index contributed by atoms with van der Waals surface area (Å²) in [6.07, 6.45) is 3.70. The molecule has 1 fully saturated rings. The van der Waals surface area contributed by atoms with E-state index in [1.165, 1.54) is 16.7 Å². The van der Waals surface area contributed by atoms with E-state index in [1.54, 1.807) is 12.1 Å². The first-order valence-electron chi connectivity index (χ1n) is 8.39. The molecule has 0 saturated carbocycles. The predicted molar refractivity (Wildman–Crippen MR) is 103 cm³/mol. The van der Waals surface area contributed by atoms with Crippen LogP contribution in [0, 0.1) is 0 Å². The lowest BCUT2D eigenvalue weighted by Crippen LogP contribution is -2.30. The molecular formula is C18H19NO5S2. The van der Waals surface area contributed by atoms with E-state index in [0.717, 1.165) is 18.4 Å². The average molecular weight is 393 g/mol. The molecule has 2 aliphatic heterocycles. The van der Waals surface area contributed by atoms with Crippen molar-refractivity contribution < 1.29 is 23.8 Å². The standard InChI is InChI=1S/C18H19NO5S2/c1-2-3-8-22-16(20)6-7-19-17(21)15(26-18(19)25)10-12-4-5-13-14(9-12)24-11-23-13/h4-5,9-10H,2-3,6-8,11H2,1H3/b15-10-. The van der Waals surface area contributed by atoms with E-state index in [-0.39, 0.29) is 31.6 Å². The number of fused-ring (bicyclic) bond motifs is 1. The lowest BCUT2D eigenvalue weighted by Gasteiger charge is -2.13. The van der Waals surface area contributed by atoms with Crippen LogP contribution >= 0.6 is 24.0 Å². The van der Waals surface area contributed by atoms with Crippen molar-refractivity contribution in [3.8, 4) is 11.5 Å². The first kappa shape index (κ1) is 18.7. The number of carbonyl (C=O) groups excluding carboxylic acids is 2. The zero-order valence-corrected chi connectivity index (χ0v) is 16.0. The van der Waals surface area contributed by atoms with Crippen molar-refractivity contribution in [3.63, 3.8) is 0 Å². The Morgan fingerprint density at radius 3 is 3.00 bits per heavy atom. The Labute approximate surface area is 161 Å². The molecule has 138 valence electrons. The third kappa shape index (κ3) is 4.37. The fourth-order valence-electron chi connectivity index (χ4n) is 2.45. The number of hydrogen-bond acceptors (Lipinski definition) is 7. The first-order valence-corrected chi connectivity index (χ1v) is 9.61. The van der Waals surface area contributed by atoms with Crippen molar-refractivity contribution in [3.05, 3.63) is 28.7 Å². The smallest absolute Gasteiger partial charge is 0.307 e. The topological polar surface area (TPSA) is 65.1 Å². The minimum Gasteiger partial charge on any atom is -0.466 e. The van der Waals surface area contributed by atoms with E-state index in [9.17, 15) is 9.59 Å². The molecule has 26 heavy (non-hydrogen) atoms. The molecule has 0 bridgehead atoms. The summed E-state index contributed by atoms with van der Waals surface area (Å²) in [6.45, 7) is 2.88. The molecule has 0 unspecified atom stereocenters. The Kier molecular flexibility index (Phi) is 6.16. The van der Waals surface area contributed by atoms with Crippen LogP contribution in [0.1, 0.15) is 31.7 Å². The van der Waals surface area contributed by atoms with Crippen LogP contribution in [0.25, 0.3) is 6.08 Å². The number of benzene rings is 1. The molecule has 3 rings (SSSR count). The molecular weight excluding hydrogens is 374 g/mol. The number of rotatable bonds is 7. The van der Waals surface area contributed by atoms with Gasteiger partial charge < -0.3 is 14.2 Å². The lowest BCUT2D eigenvalue weighted by molar-refractivity contribution is -0.144. The molecule has 8 heteroatoms. The summed E-state index contributed by atoms with van der Waals surface area (Å²) in [6, 6.07) is 5.48. The molecule has 0 radical (unpaired) electrons. The third-order valence-corrected chi connectivity index (χ3v) is 5.25. The summed E-state index contributed by atoms with van der Waals surface area (Å²) in [7, 11) is 0. The van der Waals surface area contributed by atoms with Crippen LogP contribution < -0.4 is 9.47 Å². The van der Waals surface area contributed by atoms with Gasteiger partial charge in [-0.15, -0.1) is 0 Å². The Bertz CT molecular complexity index is 762. The summed E-state index contributed by atoms with van der Waals surface area (Å²) >= 11 is 6.51. The lowest BCUT2D eigenvalue weighted by atomic mass is 10.2. The number of thioether (sulfide) groups is 1. The first-order chi connectivity index (χ1) is 12.6. The molecule has 0 aromatic heterocycles. The Morgan fingerprint density at radius 1 is 1.38 bits per heavy atom. The van der Waals surface area contributed by atoms with Gasteiger partial charge in [0.2, 0.25) is 6.79 Å². The molecule has 0 N–H and O–H groups in total. The Hall–Kier alpha value is -2.06. The molecule has 0 spiro atoms. The van der Waals surface area contributed by atoms with Gasteiger partial charge >= 0.3 is 5.97 Å². The van der Waals surface area contributed by atoms with E-state index in [4.69, 9.17) is 26.4 Å². The second kappa shape index (κ2) is 8.55. The normalized spacial score (nSPS) is 17.3. The number of amides is 1. The molecule has 0 aliphatic carbocycles. The van der Waals surface area contributed by atoms with Gasteiger partial charge in [-0.25, -0.2) is 0 Å². The van der Waals surface area contributed by atoms with Gasteiger partial charge in [-0.2, -0.15) is 0 Å². The van der Waals surface area contributed by atoms with Crippen LogP contribution in [0.5, 0.6) is 11.5 Å².